The van der Waals surface area contributed by atoms with Crippen LogP contribution in [0.3, 0.4) is 0 Å². The molecule has 1 atom stereocenters. The molecule has 1 heterocycles. The monoisotopic (exact) mass is 337 g/mol. The first-order chi connectivity index (χ1) is 11.5. The van der Waals surface area contributed by atoms with E-state index in [4.69, 9.17) is 4.74 Å². The van der Waals surface area contributed by atoms with Crippen molar-refractivity contribution in [1.82, 2.24) is 14.7 Å². The molecule has 1 fully saturated rings. The molecule has 134 valence electrons. The first-order valence-electron chi connectivity index (χ1n) is 8.45. The van der Waals surface area contributed by atoms with Gasteiger partial charge in [0.1, 0.15) is 11.9 Å². The molecule has 0 aromatic heterocycles. The van der Waals surface area contributed by atoms with Gasteiger partial charge >= 0.3 is 0 Å². The summed E-state index contributed by atoms with van der Waals surface area (Å²) in [5, 5.41) is 0. The number of benzene rings is 1. The van der Waals surface area contributed by atoms with Gasteiger partial charge in [-0.05, 0) is 38.2 Å². The highest BCUT2D eigenvalue weighted by Crippen LogP contribution is 2.22. The molecule has 0 radical (unpaired) electrons. The third-order valence-corrected chi connectivity index (χ3v) is 4.42. The lowest BCUT2D eigenvalue weighted by Gasteiger charge is -2.37. The Morgan fingerprint density at radius 2 is 2.00 bits per heavy atom. The maximum Gasteiger partial charge on any atom is 0.244 e. The molecule has 0 N–H and O–H groups in total. The van der Waals surface area contributed by atoms with Gasteiger partial charge in [0.15, 0.2) is 0 Å². The van der Waals surface area contributed by atoms with E-state index in [9.17, 15) is 9.18 Å². The van der Waals surface area contributed by atoms with Crippen molar-refractivity contribution in [1.29, 1.82) is 0 Å². The number of carbonyl (C=O) groups excluding carboxylic acids is 1. The lowest BCUT2D eigenvalue weighted by atomic mass is 10.0. The summed E-state index contributed by atoms with van der Waals surface area (Å²) in [5.74, 6) is -0.266. The molecule has 1 aromatic rings. The number of hydrogen-bond acceptors (Lipinski definition) is 4. The van der Waals surface area contributed by atoms with Crippen LogP contribution in [-0.2, 0) is 9.53 Å². The number of halogens is 1. The predicted octanol–water partition coefficient (Wildman–Crippen LogP) is 1.61. The highest BCUT2D eigenvalue weighted by Gasteiger charge is 2.30. The minimum absolute atomic E-state index is 0.0436. The Balaban J connectivity index is 1.97. The van der Waals surface area contributed by atoms with Gasteiger partial charge < -0.3 is 9.64 Å². The predicted molar refractivity (Wildman–Crippen MR) is 92.3 cm³/mol. The van der Waals surface area contributed by atoms with Crippen molar-refractivity contribution < 1.29 is 13.9 Å². The summed E-state index contributed by atoms with van der Waals surface area (Å²) >= 11 is 0. The molecular formula is C18H28FN3O2. The third-order valence-electron chi connectivity index (χ3n) is 4.42. The Hall–Kier alpha value is -1.50. The molecule has 1 amide bonds. The average molecular weight is 337 g/mol. The SMILES string of the molecule is COCCCN1CCN(C(=O)[C@H](c2cccc(F)c2)N(C)C)CC1. The molecule has 0 spiro atoms. The van der Waals surface area contributed by atoms with Gasteiger partial charge in [-0.2, -0.15) is 0 Å². The summed E-state index contributed by atoms with van der Waals surface area (Å²) in [6, 6.07) is 5.87. The quantitative estimate of drug-likeness (QED) is 0.708. The minimum atomic E-state index is -0.444. The van der Waals surface area contributed by atoms with Crippen molar-refractivity contribution in [2.75, 3.05) is 60.5 Å². The number of piperazine rings is 1. The molecule has 2 rings (SSSR count). The molecule has 0 unspecified atom stereocenters. The average Bonchev–Trinajstić information content (AvgIpc) is 2.55. The highest BCUT2D eigenvalue weighted by atomic mass is 19.1. The van der Waals surface area contributed by atoms with Crippen LogP contribution in [0, 0.1) is 5.82 Å². The zero-order chi connectivity index (χ0) is 17.5. The molecule has 0 aliphatic carbocycles. The first kappa shape index (κ1) is 18.8. The van der Waals surface area contributed by atoms with Crippen LogP contribution in [0.15, 0.2) is 24.3 Å². The molecule has 6 heteroatoms. The fourth-order valence-corrected chi connectivity index (χ4v) is 3.14. The highest BCUT2D eigenvalue weighted by molar-refractivity contribution is 5.83. The number of amides is 1. The van der Waals surface area contributed by atoms with Crippen LogP contribution in [-0.4, -0.2) is 81.1 Å². The lowest BCUT2D eigenvalue weighted by Crippen LogP contribution is -2.51. The molecule has 1 saturated heterocycles. The third kappa shape index (κ3) is 5.00. The molecule has 1 aliphatic rings. The molecular weight excluding hydrogens is 309 g/mol. The van der Waals surface area contributed by atoms with Crippen molar-refractivity contribution in [3.8, 4) is 0 Å². The zero-order valence-electron chi connectivity index (χ0n) is 14.9. The van der Waals surface area contributed by atoms with Crippen LogP contribution in [0.1, 0.15) is 18.0 Å². The number of nitrogens with zero attached hydrogens (tertiary/aromatic N) is 3. The topological polar surface area (TPSA) is 36.0 Å². The molecule has 1 aliphatic heterocycles. The second-order valence-electron chi connectivity index (χ2n) is 6.43. The Morgan fingerprint density at radius 1 is 1.29 bits per heavy atom. The van der Waals surface area contributed by atoms with Crippen LogP contribution in [0.2, 0.25) is 0 Å². The lowest BCUT2D eigenvalue weighted by molar-refractivity contribution is -0.138. The number of methoxy groups -OCH3 is 1. The number of rotatable bonds is 7. The van der Waals surface area contributed by atoms with Crippen molar-refractivity contribution in [2.24, 2.45) is 0 Å². The molecule has 0 saturated carbocycles. The standard InChI is InChI=1S/C18H28FN3O2/c1-20(2)17(15-6-4-7-16(19)14-15)18(23)22-11-9-21(10-12-22)8-5-13-24-3/h4,6-7,14,17H,5,8-13H2,1-3H3/t17-/m0/s1. The summed E-state index contributed by atoms with van der Waals surface area (Å²) in [7, 11) is 5.42. The summed E-state index contributed by atoms with van der Waals surface area (Å²) < 4.78 is 18.6. The van der Waals surface area contributed by atoms with Crippen molar-refractivity contribution in [3.05, 3.63) is 35.6 Å². The van der Waals surface area contributed by atoms with Gasteiger partial charge in [0.25, 0.3) is 0 Å². The number of likely N-dealkylation sites (N-methyl/N-ethyl adjacent to an activating group) is 1. The van der Waals surface area contributed by atoms with E-state index >= 15 is 0 Å². The van der Waals surface area contributed by atoms with Gasteiger partial charge in [0, 0.05) is 46.4 Å². The Morgan fingerprint density at radius 3 is 2.58 bits per heavy atom. The molecule has 0 bridgehead atoms. The summed E-state index contributed by atoms with van der Waals surface area (Å²) in [4.78, 5) is 19.0. The van der Waals surface area contributed by atoms with Crippen LogP contribution in [0.25, 0.3) is 0 Å². The maximum absolute atomic E-state index is 13.5. The largest absolute Gasteiger partial charge is 0.385 e. The molecule has 5 nitrogen and oxygen atoms in total. The zero-order valence-corrected chi connectivity index (χ0v) is 14.9. The van der Waals surface area contributed by atoms with Crippen LogP contribution >= 0.6 is 0 Å². The van der Waals surface area contributed by atoms with Crippen LogP contribution < -0.4 is 0 Å². The Bertz CT molecular complexity index is 531. The fraction of sp³-hybridized carbons (Fsp3) is 0.611. The van der Waals surface area contributed by atoms with Gasteiger partial charge in [0.2, 0.25) is 5.91 Å². The van der Waals surface area contributed by atoms with E-state index in [1.54, 1.807) is 13.2 Å². The molecule has 24 heavy (non-hydrogen) atoms. The Labute approximate surface area is 144 Å². The molecule has 1 aromatic carbocycles. The van der Waals surface area contributed by atoms with E-state index in [1.165, 1.54) is 12.1 Å². The van der Waals surface area contributed by atoms with Gasteiger partial charge in [-0.1, -0.05) is 12.1 Å². The van der Waals surface area contributed by atoms with E-state index in [-0.39, 0.29) is 11.7 Å². The Kier molecular flexibility index (Phi) is 7.15. The normalized spacial score (nSPS) is 17.3. The van der Waals surface area contributed by atoms with Crippen LogP contribution in [0.5, 0.6) is 0 Å². The van der Waals surface area contributed by atoms with Gasteiger partial charge in [-0.25, -0.2) is 4.39 Å². The minimum Gasteiger partial charge on any atom is -0.385 e. The summed E-state index contributed by atoms with van der Waals surface area (Å²) in [6.45, 7) is 4.94. The van der Waals surface area contributed by atoms with E-state index in [1.807, 2.05) is 30.0 Å². The van der Waals surface area contributed by atoms with E-state index in [0.717, 1.165) is 32.7 Å². The van der Waals surface area contributed by atoms with Crippen molar-refractivity contribution in [2.45, 2.75) is 12.5 Å². The van der Waals surface area contributed by atoms with Gasteiger partial charge in [-0.3, -0.25) is 14.6 Å². The second kappa shape index (κ2) is 9.11. The summed E-state index contributed by atoms with van der Waals surface area (Å²) in [6.07, 6.45) is 1.01. The summed E-state index contributed by atoms with van der Waals surface area (Å²) in [5.41, 5.74) is 0.701. The maximum atomic E-state index is 13.5. The van der Waals surface area contributed by atoms with Crippen molar-refractivity contribution >= 4 is 5.91 Å². The number of ether oxygens (including phenoxy) is 1. The fourth-order valence-electron chi connectivity index (χ4n) is 3.14. The van der Waals surface area contributed by atoms with E-state index in [2.05, 4.69) is 4.90 Å². The first-order valence-corrected chi connectivity index (χ1v) is 8.45. The van der Waals surface area contributed by atoms with E-state index < -0.39 is 6.04 Å². The smallest absolute Gasteiger partial charge is 0.244 e. The van der Waals surface area contributed by atoms with E-state index in [0.29, 0.717) is 18.7 Å². The van der Waals surface area contributed by atoms with Gasteiger partial charge in [0.05, 0.1) is 0 Å². The van der Waals surface area contributed by atoms with Gasteiger partial charge in [-0.15, -0.1) is 0 Å². The number of hydrogen-bond donors (Lipinski definition) is 0. The van der Waals surface area contributed by atoms with Crippen molar-refractivity contribution in [3.63, 3.8) is 0 Å². The number of carbonyl (C=O) groups is 1. The van der Waals surface area contributed by atoms with Crippen LogP contribution in [0.4, 0.5) is 4.39 Å². The second-order valence-corrected chi connectivity index (χ2v) is 6.43.